The summed E-state index contributed by atoms with van der Waals surface area (Å²) in [5, 5.41) is 5.18. The maximum absolute atomic E-state index is 6.14. The predicted molar refractivity (Wildman–Crippen MR) is 91.0 cm³/mol. The summed E-state index contributed by atoms with van der Waals surface area (Å²) in [7, 11) is 0. The molecule has 1 heterocycles. The molecular weight excluding hydrogens is 313 g/mol. The zero-order chi connectivity index (χ0) is 14.5. The Hall–Kier alpha value is -0.550. The van der Waals surface area contributed by atoms with E-state index in [0.29, 0.717) is 15.2 Å². The van der Waals surface area contributed by atoms with E-state index in [2.05, 4.69) is 22.0 Å². The maximum atomic E-state index is 6.14. The van der Waals surface area contributed by atoms with Crippen molar-refractivity contribution in [3.8, 4) is 0 Å². The molecule has 2 rings (SSSR count). The van der Waals surface area contributed by atoms with Gasteiger partial charge < -0.3 is 10.2 Å². The van der Waals surface area contributed by atoms with Gasteiger partial charge in [0.25, 0.3) is 0 Å². The van der Waals surface area contributed by atoms with E-state index in [1.807, 2.05) is 0 Å². The van der Waals surface area contributed by atoms with Gasteiger partial charge in [0, 0.05) is 31.2 Å². The Bertz CT molecular complexity index is 473. The van der Waals surface area contributed by atoms with Gasteiger partial charge in [0.05, 0.1) is 10.7 Å². The standard InChI is InChI=1S/C14H19Cl2N3S/c1-2-5-18-6-8-19(9-7-18)14(20)17-13-10-11(15)3-4-12(13)16/h3-4,10H,2,5-9H2,1H3,(H,17,20). The molecule has 0 bridgehead atoms. The summed E-state index contributed by atoms with van der Waals surface area (Å²) in [6, 6.07) is 5.33. The van der Waals surface area contributed by atoms with Crippen LogP contribution in [0.3, 0.4) is 0 Å². The molecule has 110 valence electrons. The van der Waals surface area contributed by atoms with Crippen molar-refractivity contribution in [1.29, 1.82) is 0 Å². The van der Waals surface area contributed by atoms with E-state index < -0.39 is 0 Å². The molecule has 20 heavy (non-hydrogen) atoms. The minimum absolute atomic E-state index is 0.626. The molecule has 0 spiro atoms. The molecule has 0 saturated carbocycles. The predicted octanol–water partition coefficient (Wildman–Crippen LogP) is 3.72. The molecule has 0 radical (unpaired) electrons. The molecule has 1 aliphatic rings. The van der Waals surface area contributed by atoms with Crippen LogP contribution in [0.25, 0.3) is 0 Å². The molecule has 1 aromatic carbocycles. The highest BCUT2D eigenvalue weighted by atomic mass is 35.5. The van der Waals surface area contributed by atoms with E-state index in [0.717, 1.165) is 38.4 Å². The highest BCUT2D eigenvalue weighted by molar-refractivity contribution is 7.80. The minimum Gasteiger partial charge on any atom is -0.346 e. The van der Waals surface area contributed by atoms with Crippen molar-refractivity contribution in [2.24, 2.45) is 0 Å². The lowest BCUT2D eigenvalue weighted by molar-refractivity contribution is 0.184. The molecule has 6 heteroatoms. The maximum Gasteiger partial charge on any atom is 0.173 e. The Morgan fingerprint density at radius 2 is 1.95 bits per heavy atom. The van der Waals surface area contributed by atoms with E-state index >= 15 is 0 Å². The van der Waals surface area contributed by atoms with Crippen molar-refractivity contribution >= 4 is 46.2 Å². The Balaban J connectivity index is 1.91. The number of rotatable bonds is 3. The van der Waals surface area contributed by atoms with Crippen LogP contribution in [0.4, 0.5) is 5.69 Å². The van der Waals surface area contributed by atoms with E-state index in [4.69, 9.17) is 35.4 Å². The minimum atomic E-state index is 0.626. The first kappa shape index (κ1) is 15.8. The number of thiocarbonyl (C=S) groups is 1. The Labute approximate surface area is 135 Å². The second kappa shape index (κ2) is 7.46. The molecule has 1 aliphatic heterocycles. The largest absolute Gasteiger partial charge is 0.346 e. The van der Waals surface area contributed by atoms with E-state index in [9.17, 15) is 0 Å². The normalized spacial score (nSPS) is 16.2. The fourth-order valence-corrected chi connectivity index (χ4v) is 2.91. The summed E-state index contributed by atoms with van der Waals surface area (Å²) in [6.07, 6.45) is 1.20. The number of hydrogen-bond donors (Lipinski definition) is 1. The van der Waals surface area contributed by atoms with Gasteiger partial charge in [-0.1, -0.05) is 30.1 Å². The monoisotopic (exact) mass is 331 g/mol. The Kier molecular flexibility index (Phi) is 5.90. The van der Waals surface area contributed by atoms with Crippen molar-refractivity contribution in [1.82, 2.24) is 9.80 Å². The van der Waals surface area contributed by atoms with Crippen LogP contribution in [0.2, 0.25) is 10.0 Å². The Morgan fingerprint density at radius 3 is 2.60 bits per heavy atom. The highest BCUT2D eigenvalue weighted by Crippen LogP contribution is 2.25. The van der Waals surface area contributed by atoms with Gasteiger partial charge >= 0.3 is 0 Å². The van der Waals surface area contributed by atoms with Gasteiger partial charge in [-0.15, -0.1) is 0 Å². The van der Waals surface area contributed by atoms with Crippen molar-refractivity contribution in [3.05, 3.63) is 28.2 Å². The van der Waals surface area contributed by atoms with Crippen molar-refractivity contribution in [3.63, 3.8) is 0 Å². The molecule has 1 N–H and O–H groups in total. The fraction of sp³-hybridized carbons (Fsp3) is 0.500. The van der Waals surface area contributed by atoms with Crippen LogP contribution in [-0.2, 0) is 0 Å². The zero-order valence-electron chi connectivity index (χ0n) is 11.5. The number of benzene rings is 1. The van der Waals surface area contributed by atoms with Gasteiger partial charge in [0.2, 0.25) is 0 Å². The number of halogens is 2. The number of nitrogens with one attached hydrogen (secondary N) is 1. The van der Waals surface area contributed by atoms with E-state index in [-0.39, 0.29) is 0 Å². The van der Waals surface area contributed by atoms with E-state index in [1.54, 1.807) is 18.2 Å². The summed E-state index contributed by atoms with van der Waals surface area (Å²) < 4.78 is 0. The third kappa shape index (κ3) is 4.22. The molecule has 0 unspecified atom stereocenters. The quantitative estimate of drug-likeness (QED) is 0.850. The molecule has 3 nitrogen and oxygen atoms in total. The number of piperazine rings is 1. The SMILES string of the molecule is CCCN1CCN(C(=S)Nc2cc(Cl)ccc2Cl)CC1. The molecule has 0 amide bonds. The third-order valence-corrected chi connectivity index (χ3v) is 4.29. The van der Waals surface area contributed by atoms with Crippen LogP contribution in [0.15, 0.2) is 18.2 Å². The first-order valence-electron chi connectivity index (χ1n) is 6.83. The van der Waals surface area contributed by atoms with Gasteiger partial charge in [-0.2, -0.15) is 0 Å². The number of hydrogen-bond acceptors (Lipinski definition) is 2. The molecule has 0 aromatic heterocycles. The lowest BCUT2D eigenvalue weighted by Gasteiger charge is -2.36. The molecule has 0 aliphatic carbocycles. The van der Waals surface area contributed by atoms with Gasteiger partial charge in [0.15, 0.2) is 5.11 Å². The topological polar surface area (TPSA) is 18.5 Å². The summed E-state index contributed by atoms with van der Waals surface area (Å²) in [4.78, 5) is 4.64. The molecular formula is C14H19Cl2N3S. The van der Waals surface area contributed by atoms with Crippen LogP contribution in [-0.4, -0.2) is 47.6 Å². The first-order chi connectivity index (χ1) is 9.60. The van der Waals surface area contributed by atoms with Gasteiger partial charge in [0.1, 0.15) is 0 Å². The summed E-state index contributed by atoms with van der Waals surface area (Å²) in [5.41, 5.74) is 0.764. The third-order valence-electron chi connectivity index (χ3n) is 3.37. The highest BCUT2D eigenvalue weighted by Gasteiger charge is 2.18. The Morgan fingerprint density at radius 1 is 1.25 bits per heavy atom. The lowest BCUT2D eigenvalue weighted by Crippen LogP contribution is -2.50. The van der Waals surface area contributed by atoms with Crippen molar-refractivity contribution in [2.75, 3.05) is 38.0 Å². The molecule has 0 atom stereocenters. The molecule has 1 aromatic rings. The number of anilines is 1. The smallest absolute Gasteiger partial charge is 0.173 e. The van der Waals surface area contributed by atoms with Crippen LogP contribution < -0.4 is 5.32 Å². The lowest BCUT2D eigenvalue weighted by atomic mass is 10.3. The van der Waals surface area contributed by atoms with Crippen LogP contribution >= 0.6 is 35.4 Å². The van der Waals surface area contributed by atoms with Crippen molar-refractivity contribution < 1.29 is 0 Å². The summed E-state index contributed by atoms with van der Waals surface area (Å²) >= 11 is 17.6. The first-order valence-corrected chi connectivity index (χ1v) is 8.00. The number of nitrogens with zero attached hydrogens (tertiary/aromatic N) is 2. The van der Waals surface area contributed by atoms with Crippen molar-refractivity contribution in [2.45, 2.75) is 13.3 Å². The molecule has 1 saturated heterocycles. The average molecular weight is 332 g/mol. The summed E-state index contributed by atoms with van der Waals surface area (Å²) in [5.74, 6) is 0. The second-order valence-corrected chi connectivity index (χ2v) is 6.11. The zero-order valence-corrected chi connectivity index (χ0v) is 13.9. The van der Waals surface area contributed by atoms with Crippen LogP contribution in [0.1, 0.15) is 13.3 Å². The fourth-order valence-electron chi connectivity index (χ4n) is 2.28. The van der Waals surface area contributed by atoms with Gasteiger partial charge in [-0.25, -0.2) is 0 Å². The van der Waals surface area contributed by atoms with Gasteiger partial charge in [-0.3, -0.25) is 4.90 Å². The molecule has 1 fully saturated rings. The van der Waals surface area contributed by atoms with Gasteiger partial charge in [-0.05, 0) is 43.4 Å². The second-order valence-electron chi connectivity index (χ2n) is 4.88. The van der Waals surface area contributed by atoms with E-state index in [1.165, 1.54) is 6.42 Å². The van der Waals surface area contributed by atoms with Crippen LogP contribution in [0.5, 0.6) is 0 Å². The summed E-state index contributed by atoms with van der Waals surface area (Å²) in [6.45, 7) is 7.37. The van der Waals surface area contributed by atoms with Crippen LogP contribution in [0, 0.1) is 0 Å². The average Bonchev–Trinajstić information content (AvgIpc) is 2.44.